The van der Waals surface area contributed by atoms with Gasteiger partial charge in [0.15, 0.2) is 0 Å². The molecule has 0 aromatic carbocycles. The second-order valence-electron chi connectivity index (χ2n) is 4.59. The number of aliphatic hydroxyl groups excluding tert-OH is 1. The molecule has 3 nitrogen and oxygen atoms in total. The molecule has 0 aliphatic carbocycles. The summed E-state index contributed by atoms with van der Waals surface area (Å²) in [5, 5.41) is 15.1. The topological polar surface area (TPSA) is 41.5 Å². The minimum atomic E-state index is -0.417. The summed E-state index contributed by atoms with van der Waals surface area (Å²) in [4.78, 5) is 1.20. The van der Waals surface area contributed by atoms with E-state index < -0.39 is 6.10 Å². The molecule has 0 bridgehead atoms. The Balaban J connectivity index is 2.01. The molecule has 1 aromatic heterocycles. The first-order valence-corrected chi connectivity index (χ1v) is 7.63. The second kappa shape index (κ2) is 9.50. The summed E-state index contributed by atoms with van der Waals surface area (Å²) in [6.07, 6.45) is 1.96. The molecule has 0 saturated heterocycles. The highest BCUT2D eigenvalue weighted by atomic mass is 32.1. The van der Waals surface area contributed by atoms with Crippen molar-refractivity contribution in [3.05, 3.63) is 22.4 Å². The summed E-state index contributed by atoms with van der Waals surface area (Å²) < 4.78 is 5.47. The van der Waals surface area contributed by atoms with Gasteiger partial charge in [-0.2, -0.15) is 0 Å². The SMILES string of the molecule is CCC(CC)CNCC(O)COCc1cccs1. The van der Waals surface area contributed by atoms with Gasteiger partial charge < -0.3 is 15.2 Å². The lowest BCUT2D eigenvalue weighted by Crippen LogP contribution is -2.33. The van der Waals surface area contributed by atoms with Gasteiger partial charge >= 0.3 is 0 Å². The fourth-order valence-corrected chi connectivity index (χ4v) is 2.42. The van der Waals surface area contributed by atoms with E-state index in [0.29, 0.717) is 25.7 Å². The van der Waals surface area contributed by atoms with Crippen LogP contribution in [-0.4, -0.2) is 30.9 Å². The third-order valence-corrected chi connectivity index (χ3v) is 3.95. The molecular weight excluding hydrogens is 246 g/mol. The fourth-order valence-electron chi connectivity index (χ4n) is 1.78. The molecule has 18 heavy (non-hydrogen) atoms. The lowest BCUT2D eigenvalue weighted by atomic mass is 10.0. The van der Waals surface area contributed by atoms with Crippen molar-refractivity contribution in [3.8, 4) is 0 Å². The van der Waals surface area contributed by atoms with Crippen molar-refractivity contribution in [1.29, 1.82) is 0 Å². The van der Waals surface area contributed by atoms with Gasteiger partial charge in [0.05, 0.1) is 19.3 Å². The fraction of sp³-hybridized carbons (Fsp3) is 0.714. The summed E-state index contributed by atoms with van der Waals surface area (Å²) in [6, 6.07) is 4.05. The van der Waals surface area contributed by atoms with Crippen LogP contribution in [0.25, 0.3) is 0 Å². The number of rotatable bonds is 10. The Morgan fingerprint density at radius 1 is 1.33 bits per heavy atom. The van der Waals surface area contributed by atoms with Crippen LogP contribution >= 0.6 is 11.3 Å². The Morgan fingerprint density at radius 2 is 2.11 bits per heavy atom. The zero-order chi connectivity index (χ0) is 13.2. The lowest BCUT2D eigenvalue weighted by Gasteiger charge is -2.16. The van der Waals surface area contributed by atoms with Crippen molar-refractivity contribution in [2.75, 3.05) is 19.7 Å². The smallest absolute Gasteiger partial charge is 0.0897 e. The number of thiophene rings is 1. The maximum absolute atomic E-state index is 9.75. The quantitative estimate of drug-likeness (QED) is 0.687. The Hall–Kier alpha value is -0.420. The summed E-state index contributed by atoms with van der Waals surface area (Å²) in [7, 11) is 0. The number of ether oxygens (including phenoxy) is 1. The Morgan fingerprint density at radius 3 is 2.72 bits per heavy atom. The van der Waals surface area contributed by atoms with Crippen LogP contribution in [0.1, 0.15) is 31.6 Å². The van der Waals surface area contributed by atoms with Crippen LogP contribution in [0.15, 0.2) is 17.5 Å². The van der Waals surface area contributed by atoms with Crippen LogP contribution in [0.4, 0.5) is 0 Å². The van der Waals surface area contributed by atoms with E-state index in [0.717, 1.165) is 6.54 Å². The van der Waals surface area contributed by atoms with Crippen LogP contribution in [0.3, 0.4) is 0 Å². The number of aliphatic hydroxyl groups is 1. The van der Waals surface area contributed by atoms with Crippen LogP contribution in [-0.2, 0) is 11.3 Å². The number of nitrogens with one attached hydrogen (secondary N) is 1. The molecule has 0 aliphatic rings. The first-order valence-electron chi connectivity index (χ1n) is 6.75. The summed E-state index contributed by atoms with van der Waals surface area (Å²) >= 11 is 1.68. The minimum absolute atomic E-state index is 0.397. The average molecular weight is 271 g/mol. The molecule has 0 fully saturated rings. The summed E-state index contributed by atoms with van der Waals surface area (Å²) in [5.74, 6) is 0.712. The third-order valence-electron chi connectivity index (χ3n) is 3.10. The van der Waals surface area contributed by atoms with Gasteiger partial charge in [0.25, 0.3) is 0 Å². The third kappa shape index (κ3) is 6.50. The number of hydrogen-bond donors (Lipinski definition) is 2. The first kappa shape index (κ1) is 15.6. The highest BCUT2D eigenvalue weighted by Gasteiger charge is 2.07. The highest BCUT2D eigenvalue weighted by Crippen LogP contribution is 2.09. The van der Waals surface area contributed by atoms with Gasteiger partial charge in [0.2, 0.25) is 0 Å². The molecule has 0 amide bonds. The molecule has 0 aliphatic heterocycles. The zero-order valence-electron chi connectivity index (χ0n) is 11.4. The Bertz CT molecular complexity index is 286. The van der Waals surface area contributed by atoms with Crippen molar-refractivity contribution >= 4 is 11.3 Å². The Kier molecular flexibility index (Phi) is 8.25. The molecule has 104 valence electrons. The van der Waals surface area contributed by atoms with Gasteiger partial charge in [-0.25, -0.2) is 0 Å². The van der Waals surface area contributed by atoms with Gasteiger partial charge in [-0.15, -0.1) is 11.3 Å². The van der Waals surface area contributed by atoms with Crippen molar-refractivity contribution in [2.45, 2.75) is 39.4 Å². The van der Waals surface area contributed by atoms with Crippen LogP contribution in [0.5, 0.6) is 0 Å². The second-order valence-corrected chi connectivity index (χ2v) is 5.62. The van der Waals surface area contributed by atoms with Gasteiger partial charge in [-0.1, -0.05) is 32.8 Å². The first-order chi connectivity index (χ1) is 8.76. The van der Waals surface area contributed by atoms with Crippen molar-refractivity contribution < 1.29 is 9.84 Å². The zero-order valence-corrected chi connectivity index (χ0v) is 12.2. The van der Waals surface area contributed by atoms with Gasteiger partial charge in [0, 0.05) is 11.4 Å². The highest BCUT2D eigenvalue weighted by molar-refractivity contribution is 7.09. The molecule has 1 aromatic rings. The number of hydrogen-bond acceptors (Lipinski definition) is 4. The predicted octanol–water partition coefficient (Wildman–Crippen LogP) is 2.65. The molecule has 0 spiro atoms. The van der Waals surface area contributed by atoms with Crippen molar-refractivity contribution in [3.63, 3.8) is 0 Å². The standard InChI is InChI=1S/C14H25NO2S/c1-3-12(4-2)8-15-9-13(16)10-17-11-14-6-5-7-18-14/h5-7,12-13,15-16H,3-4,8-11H2,1-2H3. The molecule has 1 rings (SSSR count). The molecule has 0 saturated carbocycles. The van der Waals surface area contributed by atoms with Gasteiger partial charge in [0.1, 0.15) is 0 Å². The van der Waals surface area contributed by atoms with Gasteiger partial charge in [-0.05, 0) is 23.9 Å². The van der Waals surface area contributed by atoms with E-state index in [1.54, 1.807) is 11.3 Å². The molecule has 1 heterocycles. The summed E-state index contributed by atoms with van der Waals surface area (Å²) in [6.45, 7) is 7.00. The molecule has 2 N–H and O–H groups in total. The normalized spacial score (nSPS) is 13.1. The van der Waals surface area contributed by atoms with Crippen LogP contribution < -0.4 is 5.32 Å². The summed E-state index contributed by atoms with van der Waals surface area (Å²) in [5.41, 5.74) is 0. The molecule has 0 radical (unpaired) electrons. The average Bonchev–Trinajstić information content (AvgIpc) is 2.88. The van der Waals surface area contributed by atoms with E-state index in [2.05, 4.69) is 19.2 Å². The van der Waals surface area contributed by atoms with Crippen LogP contribution in [0, 0.1) is 5.92 Å². The van der Waals surface area contributed by atoms with E-state index in [1.807, 2.05) is 17.5 Å². The molecule has 4 heteroatoms. The largest absolute Gasteiger partial charge is 0.389 e. The van der Waals surface area contributed by atoms with E-state index in [1.165, 1.54) is 17.7 Å². The lowest BCUT2D eigenvalue weighted by molar-refractivity contribution is 0.0295. The molecule has 1 atom stereocenters. The molecular formula is C14H25NO2S. The van der Waals surface area contributed by atoms with E-state index in [-0.39, 0.29) is 0 Å². The Labute approximate surface area is 114 Å². The van der Waals surface area contributed by atoms with Crippen molar-refractivity contribution in [2.24, 2.45) is 5.92 Å². The van der Waals surface area contributed by atoms with Gasteiger partial charge in [-0.3, -0.25) is 0 Å². The minimum Gasteiger partial charge on any atom is -0.389 e. The van der Waals surface area contributed by atoms with Crippen LogP contribution in [0.2, 0.25) is 0 Å². The van der Waals surface area contributed by atoms with E-state index >= 15 is 0 Å². The van der Waals surface area contributed by atoms with E-state index in [4.69, 9.17) is 4.74 Å². The van der Waals surface area contributed by atoms with E-state index in [9.17, 15) is 5.11 Å². The monoisotopic (exact) mass is 271 g/mol. The maximum atomic E-state index is 9.75. The maximum Gasteiger partial charge on any atom is 0.0897 e. The van der Waals surface area contributed by atoms with Crippen molar-refractivity contribution in [1.82, 2.24) is 5.32 Å². The predicted molar refractivity (Wildman–Crippen MR) is 76.9 cm³/mol. The molecule has 1 unspecified atom stereocenters.